The van der Waals surface area contributed by atoms with Crippen LogP contribution in [0.15, 0.2) is 0 Å². The lowest BCUT2D eigenvalue weighted by Gasteiger charge is -2.20. The van der Waals surface area contributed by atoms with Gasteiger partial charge in [0.15, 0.2) is 5.13 Å². The predicted octanol–water partition coefficient (Wildman–Crippen LogP) is 1.53. The highest BCUT2D eigenvalue weighted by atomic mass is 32.1. The van der Waals surface area contributed by atoms with Crippen LogP contribution in [0.2, 0.25) is 0 Å². The van der Waals surface area contributed by atoms with E-state index >= 15 is 0 Å². The second-order valence-electron chi connectivity index (χ2n) is 4.74. The molecule has 0 aromatic carbocycles. The van der Waals surface area contributed by atoms with E-state index in [1.54, 1.807) is 18.4 Å². The van der Waals surface area contributed by atoms with Crippen LogP contribution in [0.1, 0.15) is 23.9 Å². The Morgan fingerprint density at radius 3 is 2.58 bits per heavy atom. The molecule has 0 fully saturated rings. The third kappa shape index (κ3) is 5.06. The summed E-state index contributed by atoms with van der Waals surface area (Å²) in [6.07, 6.45) is 1.14. The fourth-order valence-electron chi connectivity index (χ4n) is 1.88. The van der Waals surface area contributed by atoms with Crippen LogP contribution >= 0.6 is 11.3 Å². The summed E-state index contributed by atoms with van der Waals surface area (Å²) in [7, 11) is 5.89. The molecule has 0 saturated heterocycles. The van der Waals surface area contributed by atoms with E-state index in [4.69, 9.17) is 10.5 Å². The highest BCUT2D eigenvalue weighted by Crippen LogP contribution is 2.26. The SMILES string of the molecule is CCN(CCCN(C)C)c1nc(COC)c(CN)s1. The molecule has 1 aromatic rings. The first-order chi connectivity index (χ1) is 9.12. The van der Waals surface area contributed by atoms with Gasteiger partial charge in [-0.1, -0.05) is 0 Å². The number of aromatic nitrogens is 1. The quantitative estimate of drug-likeness (QED) is 0.746. The molecule has 2 N–H and O–H groups in total. The summed E-state index contributed by atoms with van der Waals surface area (Å²) < 4.78 is 5.17. The molecule has 0 aliphatic heterocycles. The lowest BCUT2D eigenvalue weighted by molar-refractivity contribution is 0.181. The number of rotatable bonds is 9. The van der Waals surface area contributed by atoms with E-state index in [-0.39, 0.29) is 0 Å². The Kier molecular flexibility index (Phi) is 7.30. The molecule has 0 spiro atoms. The largest absolute Gasteiger partial charge is 0.378 e. The zero-order chi connectivity index (χ0) is 14.3. The van der Waals surface area contributed by atoms with Crippen molar-refractivity contribution >= 4 is 16.5 Å². The number of hydrogen-bond acceptors (Lipinski definition) is 6. The standard InChI is InChI=1S/C13H26N4OS/c1-5-17(8-6-7-16(2)3)13-15-11(10-18-4)12(9-14)19-13/h5-10,14H2,1-4H3. The number of hydrogen-bond donors (Lipinski definition) is 1. The van der Waals surface area contributed by atoms with Crippen LogP contribution < -0.4 is 10.6 Å². The molecular formula is C13H26N4OS. The second kappa shape index (κ2) is 8.47. The zero-order valence-corrected chi connectivity index (χ0v) is 13.3. The second-order valence-corrected chi connectivity index (χ2v) is 5.80. The van der Waals surface area contributed by atoms with Crippen LogP contribution in [0.3, 0.4) is 0 Å². The summed E-state index contributed by atoms with van der Waals surface area (Å²) in [6, 6.07) is 0. The van der Waals surface area contributed by atoms with Gasteiger partial charge in [-0.2, -0.15) is 0 Å². The monoisotopic (exact) mass is 286 g/mol. The van der Waals surface area contributed by atoms with Crippen molar-refractivity contribution in [1.82, 2.24) is 9.88 Å². The van der Waals surface area contributed by atoms with Crippen molar-refractivity contribution in [3.63, 3.8) is 0 Å². The number of ether oxygens (including phenoxy) is 1. The Bertz CT molecular complexity index is 368. The van der Waals surface area contributed by atoms with Gasteiger partial charge in [-0.15, -0.1) is 11.3 Å². The van der Waals surface area contributed by atoms with E-state index in [0.29, 0.717) is 13.2 Å². The summed E-state index contributed by atoms with van der Waals surface area (Å²) in [5, 5.41) is 1.06. The third-order valence-corrected chi connectivity index (χ3v) is 4.10. The van der Waals surface area contributed by atoms with Gasteiger partial charge in [-0.3, -0.25) is 0 Å². The van der Waals surface area contributed by atoms with Crippen LogP contribution in [0.25, 0.3) is 0 Å². The molecule has 1 aromatic heterocycles. The minimum Gasteiger partial charge on any atom is -0.378 e. The third-order valence-electron chi connectivity index (χ3n) is 2.92. The average Bonchev–Trinajstić information content (AvgIpc) is 2.78. The van der Waals surface area contributed by atoms with E-state index in [9.17, 15) is 0 Å². The van der Waals surface area contributed by atoms with Crippen molar-refractivity contribution in [2.24, 2.45) is 5.73 Å². The molecule has 0 saturated carbocycles. The summed E-state index contributed by atoms with van der Waals surface area (Å²) in [6.45, 7) is 6.33. The Morgan fingerprint density at radius 1 is 1.32 bits per heavy atom. The molecule has 1 heterocycles. The highest BCUT2D eigenvalue weighted by Gasteiger charge is 2.14. The predicted molar refractivity (Wildman–Crippen MR) is 81.8 cm³/mol. The van der Waals surface area contributed by atoms with Crippen LogP contribution in [0.4, 0.5) is 5.13 Å². The molecule has 1 rings (SSSR count). The number of anilines is 1. The van der Waals surface area contributed by atoms with E-state index in [1.165, 1.54) is 0 Å². The van der Waals surface area contributed by atoms with Crippen molar-refractivity contribution in [3.8, 4) is 0 Å². The molecule has 110 valence electrons. The molecule has 0 atom stereocenters. The lowest BCUT2D eigenvalue weighted by atomic mass is 10.3. The first-order valence-corrected chi connectivity index (χ1v) is 7.51. The molecule has 0 aliphatic carbocycles. The van der Waals surface area contributed by atoms with Gasteiger partial charge in [0.1, 0.15) is 0 Å². The van der Waals surface area contributed by atoms with Crippen LogP contribution in [-0.2, 0) is 17.9 Å². The fraction of sp³-hybridized carbons (Fsp3) is 0.769. The van der Waals surface area contributed by atoms with Gasteiger partial charge in [0, 0.05) is 31.6 Å². The highest BCUT2D eigenvalue weighted by molar-refractivity contribution is 7.15. The van der Waals surface area contributed by atoms with E-state index in [2.05, 4.69) is 35.8 Å². The lowest BCUT2D eigenvalue weighted by Crippen LogP contribution is -2.26. The Morgan fingerprint density at radius 2 is 2.05 bits per heavy atom. The van der Waals surface area contributed by atoms with Crippen LogP contribution in [0, 0.1) is 0 Å². The van der Waals surface area contributed by atoms with Gasteiger partial charge in [0.25, 0.3) is 0 Å². The Hall–Kier alpha value is -0.690. The maximum atomic E-state index is 5.77. The van der Waals surface area contributed by atoms with Crippen molar-refractivity contribution in [1.29, 1.82) is 0 Å². The maximum Gasteiger partial charge on any atom is 0.185 e. The zero-order valence-electron chi connectivity index (χ0n) is 12.5. The topological polar surface area (TPSA) is 54.6 Å². The number of nitrogens with two attached hydrogens (primary N) is 1. The summed E-state index contributed by atoms with van der Waals surface area (Å²) in [4.78, 5) is 10.3. The number of nitrogens with zero attached hydrogens (tertiary/aromatic N) is 3. The van der Waals surface area contributed by atoms with Gasteiger partial charge >= 0.3 is 0 Å². The molecule has 0 unspecified atom stereocenters. The van der Waals surface area contributed by atoms with E-state index in [1.807, 2.05) is 0 Å². The van der Waals surface area contributed by atoms with Gasteiger partial charge in [0.2, 0.25) is 0 Å². The molecular weight excluding hydrogens is 260 g/mol. The summed E-state index contributed by atoms with van der Waals surface area (Å²) in [5.74, 6) is 0. The minimum atomic E-state index is 0.533. The molecule has 5 nitrogen and oxygen atoms in total. The van der Waals surface area contributed by atoms with Crippen LogP contribution in [0.5, 0.6) is 0 Å². The van der Waals surface area contributed by atoms with Gasteiger partial charge < -0.3 is 20.3 Å². The number of thiazole rings is 1. The maximum absolute atomic E-state index is 5.77. The fourth-order valence-corrected chi connectivity index (χ4v) is 2.91. The number of methoxy groups -OCH3 is 1. The first-order valence-electron chi connectivity index (χ1n) is 6.69. The summed E-state index contributed by atoms with van der Waals surface area (Å²) >= 11 is 1.69. The minimum absolute atomic E-state index is 0.533. The van der Waals surface area contributed by atoms with Crippen molar-refractivity contribution < 1.29 is 4.74 Å². The van der Waals surface area contributed by atoms with Gasteiger partial charge in [0.05, 0.1) is 12.3 Å². The Balaban J connectivity index is 2.69. The molecule has 19 heavy (non-hydrogen) atoms. The smallest absolute Gasteiger partial charge is 0.185 e. The molecule has 0 aliphatic rings. The summed E-state index contributed by atoms with van der Waals surface area (Å²) in [5.41, 5.74) is 6.75. The Labute approximate surface area is 120 Å². The van der Waals surface area contributed by atoms with Crippen molar-refractivity contribution in [3.05, 3.63) is 10.6 Å². The van der Waals surface area contributed by atoms with Crippen molar-refractivity contribution in [2.75, 3.05) is 45.7 Å². The molecule has 6 heteroatoms. The van der Waals surface area contributed by atoms with E-state index in [0.717, 1.165) is 41.8 Å². The normalized spacial score (nSPS) is 11.3. The molecule has 0 radical (unpaired) electrons. The first kappa shape index (κ1) is 16.4. The van der Waals surface area contributed by atoms with Gasteiger partial charge in [-0.05, 0) is 34.0 Å². The van der Waals surface area contributed by atoms with E-state index < -0.39 is 0 Å². The average molecular weight is 286 g/mol. The molecule has 0 amide bonds. The van der Waals surface area contributed by atoms with Crippen molar-refractivity contribution in [2.45, 2.75) is 26.5 Å². The van der Waals surface area contributed by atoms with Gasteiger partial charge in [-0.25, -0.2) is 4.98 Å². The molecule has 0 bridgehead atoms. The van der Waals surface area contributed by atoms with Crippen LogP contribution in [-0.4, -0.2) is 50.7 Å².